The van der Waals surface area contributed by atoms with Crippen LogP contribution in [0.2, 0.25) is 0 Å². The Morgan fingerprint density at radius 2 is 2.00 bits per heavy atom. The zero-order valence-corrected chi connectivity index (χ0v) is 11.6. The van der Waals surface area contributed by atoms with E-state index in [4.69, 9.17) is 13.9 Å². The van der Waals surface area contributed by atoms with E-state index < -0.39 is 11.9 Å². The van der Waals surface area contributed by atoms with Crippen molar-refractivity contribution in [1.82, 2.24) is 0 Å². The predicted molar refractivity (Wildman–Crippen MR) is 77.1 cm³/mol. The molecule has 0 saturated heterocycles. The minimum Gasteiger partial charge on any atom is -0.459 e. The topological polar surface area (TPSA) is 78.1 Å². The first kappa shape index (κ1) is 13.8. The lowest BCUT2D eigenvalue weighted by Crippen LogP contribution is -2.04. The van der Waals surface area contributed by atoms with E-state index in [-0.39, 0.29) is 11.6 Å². The highest BCUT2D eigenvalue weighted by molar-refractivity contribution is 6.11. The smallest absolute Gasteiger partial charge is 0.363 e. The van der Waals surface area contributed by atoms with Crippen molar-refractivity contribution in [3.63, 3.8) is 0 Å². The zero-order valence-electron chi connectivity index (χ0n) is 11.6. The second kappa shape index (κ2) is 5.69. The van der Waals surface area contributed by atoms with Crippen molar-refractivity contribution in [3.05, 3.63) is 59.7 Å². The first-order valence-electron chi connectivity index (χ1n) is 6.47. The van der Waals surface area contributed by atoms with Crippen LogP contribution in [0.4, 0.5) is 0 Å². The Labute approximate surface area is 125 Å². The van der Waals surface area contributed by atoms with E-state index in [1.54, 1.807) is 42.5 Å². The molecule has 0 aliphatic carbocycles. The number of hydrogen-bond acceptors (Lipinski definition) is 6. The molecule has 2 aromatic rings. The summed E-state index contributed by atoms with van der Waals surface area (Å²) in [5.41, 5.74) is 0.902. The lowest BCUT2D eigenvalue weighted by atomic mass is 10.2. The molecular weight excluding hydrogens is 286 g/mol. The van der Waals surface area contributed by atoms with Gasteiger partial charge in [0.15, 0.2) is 11.5 Å². The largest absolute Gasteiger partial charge is 0.459 e. The fourth-order valence-corrected chi connectivity index (χ4v) is 1.87. The lowest BCUT2D eigenvalue weighted by molar-refractivity contribution is -0.132. The van der Waals surface area contributed by atoms with Gasteiger partial charge in [-0.15, -0.1) is 0 Å². The Bertz CT molecular complexity index is 769. The summed E-state index contributed by atoms with van der Waals surface area (Å²) in [7, 11) is 0. The summed E-state index contributed by atoms with van der Waals surface area (Å²) in [4.78, 5) is 26.7. The number of carbonyl (C=O) groups is 2. The fourth-order valence-electron chi connectivity index (χ4n) is 1.87. The fraction of sp³-hybridized carbons (Fsp3) is 0.0625. The van der Waals surface area contributed by atoms with Crippen LogP contribution in [0.25, 0.3) is 6.08 Å². The highest BCUT2D eigenvalue weighted by atomic mass is 16.6. The Kier molecular flexibility index (Phi) is 3.57. The summed E-state index contributed by atoms with van der Waals surface area (Å²) in [6.45, 7) is 1.33. The maximum atomic E-state index is 11.8. The molecule has 1 aliphatic heterocycles. The molecule has 110 valence electrons. The standard InChI is InChI=1S/C16H11NO5/c1-10(18)21-12-6-4-11(5-7-12)9-13-16(19)22-15(17-13)14-3-2-8-20-14/h2-9H,1H3/b13-9+. The maximum Gasteiger partial charge on any atom is 0.363 e. The summed E-state index contributed by atoms with van der Waals surface area (Å²) in [5.74, 6) is 0.0248. The number of esters is 2. The lowest BCUT2D eigenvalue weighted by Gasteiger charge is -2.00. The van der Waals surface area contributed by atoms with Crippen LogP contribution >= 0.6 is 0 Å². The molecule has 0 spiro atoms. The van der Waals surface area contributed by atoms with Gasteiger partial charge in [0.2, 0.25) is 0 Å². The van der Waals surface area contributed by atoms with Gasteiger partial charge in [-0.25, -0.2) is 9.79 Å². The molecule has 6 heteroatoms. The third kappa shape index (κ3) is 2.95. The first-order valence-corrected chi connectivity index (χ1v) is 6.47. The van der Waals surface area contributed by atoms with Crippen molar-refractivity contribution < 1.29 is 23.5 Å². The number of benzene rings is 1. The van der Waals surface area contributed by atoms with Crippen molar-refractivity contribution in [3.8, 4) is 5.75 Å². The van der Waals surface area contributed by atoms with Crippen molar-refractivity contribution in [1.29, 1.82) is 0 Å². The molecule has 1 aliphatic rings. The Morgan fingerprint density at radius 1 is 1.23 bits per heavy atom. The van der Waals surface area contributed by atoms with Crippen LogP contribution < -0.4 is 4.74 Å². The number of cyclic esters (lactones) is 1. The molecule has 0 amide bonds. The number of ether oxygens (including phenoxy) is 2. The van der Waals surface area contributed by atoms with E-state index in [0.717, 1.165) is 5.56 Å². The quantitative estimate of drug-likeness (QED) is 0.494. The third-order valence-corrected chi connectivity index (χ3v) is 2.80. The van der Waals surface area contributed by atoms with Gasteiger partial charge in [-0.05, 0) is 35.9 Å². The van der Waals surface area contributed by atoms with Gasteiger partial charge in [0, 0.05) is 6.92 Å². The molecule has 22 heavy (non-hydrogen) atoms. The van der Waals surface area contributed by atoms with Crippen LogP contribution in [0.3, 0.4) is 0 Å². The van der Waals surface area contributed by atoms with E-state index in [1.165, 1.54) is 13.2 Å². The van der Waals surface area contributed by atoms with Crippen molar-refractivity contribution in [2.24, 2.45) is 4.99 Å². The second-order valence-electron chi connectivity index (χ2n) is 4.48. The molecule has 0 N–H and O–H groups in total. The molecule has 1 aromatic carbocycles. The van der Waals surface area contributed by atoms with E-state index in [1.807, 2.05) is 0 Å². The van der Waals surface area contributed by atoms with E-state index in [0.29, 0.717) is 11.5 Å². The van der Waals surface area contributed by atoms with Crippen LogP contribution in [0.5, 0.6) is 5.75 Å². The van der Waals surface area contributed by atoms with Crippen LogP contribution in [0.15, 0.2) is 57.8 Å². The van der Waals surface area contributed by atoms with Crippen molar-refractivity contribution >= 4 is 23.9 Å². The summed E-state index contributed by atoms with van der Waals surface area (Å²) < 4.78 is 15.1. The summed E-state index contributed by atoms with van der Waals surface area (Å²) >= 11 is 0. The third-order valence-electron chi connectivity index (χ3n) is 2.80. The maximum absolute atomic E-state index is 11.8. The Morgan fingerprint density at radius 3 is 2.64 bits per heavy atom. The summed E-state index contributed by atoms with van der Waals surface area (Å²) in [6.07, 6.45) is 3.05. The zero-order chi connectivity index (χ0) is 15.5. The average Bonchev–Trinajstić information content (AvgIpc) is 3.11. The molecule has 6 nitrogen and oxygen atoms in total. The minimum absolute atomic E-state index is 0.137. The van der Waals surface area contributed by atoms with Gasteiger partial charge in [-0.1, -0.05) is 12.1 Å². The Balaban J connectivity index is 1.82. The predicted octanol–water partition coefficient (Wildman–Crippen LogP) is 2.55. The number of aliphatic imine (C=N–C) groups is 1. The number of hydrogen-bond donors (Lipinski definition) is 0. The molecule has 0 fully saturated rings. The van der Waals surface area contributed by atoms with Gasteiger partial charge in [0.1, 0.15) is 5.75 Å². The number of nitrogens with zero attached hydrogens (tertiary/aromatic N) is 1. The average molecular weight is 297 g/mol. The van der Waals surface area contributed by atoms with Gasteiger partial charge >= 0.3 is 11.9 Å². The molecular formula is C16H11NO5. The van der Waals surface area contributed by atoms with Crippen LogP contribution in [-0.2, 0) is 14.3 Å². The minimum atomic E-state index is -0.546. The summed E-state index contributed by atoms with van der Waals surface area (Å²) in [5, 5.41) is 0. The number of rotatable bonds is 3. The molecule has 0 radical (unpaired) electrons. The van der Waals surface area contributed by atoms with E-state index >= 15 is 0 Å². The van der Waals surface area contributed by atoms with Crippen molar-refractivity contribution in [2.45, 2.75) is 6.92 Å². The number of furan rings is 1. The second-order valence-corrected chi connectivity index (χ2v) is 4.48. The van der Waals surface area contributed by atoms with Gasteiger partial charge in [0.25, 0.3) is 5.90 Å². The molecule has 1 aromatic heterocycles. The van der Waals surface area contributed by atoms with E-state index in [2.05, 4.69) is 4.99 Å². The van der Waals surface area contributed by atoms with Gasteiger partial charge in [-0.3, -0.25) is 4.79 Å². The highest BCUT2D eigenvalue weighted by Gasteiger charge is 2.25. The van der Waals surface area contributed by atoms with Gasteiger partial charge in [-0.2, -0.15) is 0 Å². The SMILES string of the molecule is CC(=O)Oc1ccc(/C=C2/N=C(c3ccco3)OC2=O)cc1. The molecule has 0 bridgehead atoms. The highest BCUT2D eigenvalue weighted by Crippen LogP contribution is 2.20. The first-order chi connectivity index (χ1) is 10.6. The van der Waals surface area contributed by atoms with Crippen molar-refractivity contribution in [2.75, 3.05) is 0 Å². The van der Waals surface area contributed by atoms with Crippen LogP contribution in [-0.4, -0.2) is 17.8 Å². The molecule has 3 rings (SSSR count). The summed E-state index contributed by atoms with van der Waals surface area (Å²) in [6, 6.07) is 10.0. The van der Waals surface area contributed by atoms with Crippen LogP contribution in [0.1, 0.15) is 18.2 Å². The number of carbonyl (C=O) groups excluding carboxylic acids is 2. The Hall–Kier alpha value is -3.15. The molecule has 0 saturated carbocycles. The van der Waals surface area contributed by atoms with Gasteiger partial charge in [0.05, 0.1) is 6.26 Å². The van der Waals surface area contributed by atoms with Crippen LogP contribution in [0, 0.1) is 0 Å². The molecule has 2 heterocycles. The van der Waals surface area contributed by atoms with Gasteiger partial charge < -0.3 is 13.9 Å². The molecule has 0 atom stereocenters. The molecule has 0 unspecified atom stereocenters. The monoisotopic (exact) mass is 297 g/mol. The van der Waals surface area contributed by atoms with E-state index in [9.17, 15) is 9.59 Å². The normalized spacial score (nSPS) is 15.6.